The smallest absolute Gasteiger partial charge is 0.322 e. The summed E-state index contributed by atoms with van der Waals surface area (Å²) in [5.41, 5.74) is -2.25. The third-order valence-electron chi connectivity index (χ3n) is 3.37. The Bertz CT molecular complexity index is 1620. The number of aromatic amines is 1. The number of imidazole rings is 1. The molecule has 6 nitrogen and oxygen atoms in total. The summed E-state index contributed by atoms with van der Waals surface area (Å²) in [5.74, 6) is -1.20. The monoisotopic (exact) mass is 380 g/mol. The highest BCUT2D eigenvalue weighted by Crippen LogP contribution is 2.24. The SMILES string of the molecule is [2H]c1c(-n2c([2H])c([2H])c([2H])c2[2H])c([2H])c2nc([S+]([O-])Cc3nccc(OC([2H])([2H])[2H])c3C([2H])([2H])[2H])n([2H])c2c1[2H]. The quantitative estimate of drug-likeness (QED) is 0.538. The summed E-state index contributed by atoms with van der Waals surface area (Å²) in [6.45, 7) is -2.93. The lowest BCUT2D eigenvalue weighted by Gasteiger charge is -2.10. The molecule has 0 aliphatic carbocycles. The minimum absolute atomic E-state index is 0.331. The van der Waals surface area contributed by atoms with Gasteiger partial charge in [-0.15, -0.1) is 0 Å². The van der Waals surface area contributed by atoms with E-state index in [2.05, 4.69) is 9.97 Å². The number of nitrogens with one attached hydrogen (secondary N) is 1. The van der Waals surface area contributed by atoms with Crippen molar-refractivity contribution < 1.29 is 28.5 Å². The Labute approximate surface area is 173 Å². The number of H-pyrrole nitrogens is 1. The molecule has 132 valence electrons. The minimum Gasteiger partial charge on any atom is -0.609 e. The van der Waals surface area contributed by atoms with Crippen LogP contribution in [0.5, 0.6) is 5.75 Å². The Balaban J connectivity index is 1.86. The van der Waals surface area contributed by atoms with Crippen molar-refractivity contribution in [1.29, 1.82) is 0 Å². The molecule has 3 aromatic heterocycles. The van der Waals surface area contributed by atoms with Crippen LogP contribution in [-0.4, -0.2) is 31.1 Å². The van der Waals surface area contributed by atoms with E-state index < -0.39 is 107 Å². The predicted octanol–water partition coefficient (Wildman–Crippen LogP) is 3.37. The second-order valence-electron chi connectivity index (χ2n) is 4.96. The second kappa shape index (κ2) is 6.86. The van der Waals surface area contributed by atoms with Crippen molar-refractivity contribution in [3.8, 4) is 11.4 Å². The van der Waals surface area contributed by atoms with Gasteiger partial charge in [-0.2, -0.15) is 4.98 Å². The van der Waals surface area contributed by atoms with E-state index in [1.807, 2.05) is 0 Å². The number of pyridine rings is 1. The summed E-state index contributed by atoms with van der Waals surface area (Å²) in [6.07, 6.45) is -0.288. The first kappa shape index (κ1) is 7.09. The Morgan fingerprint density at radius 1 is 1.42 bits per heavy atom. The van der Waals surface area contributed by atoms with Crippen LogP contribution in [0.3, 0.4) is 0 Å². The highest BCUT2D eigenvalue weighted by Gasteiger charge is 2.20. The maximum Gasteiger partial charge on any atom is 0.322 e. The third kappa shape index (κ3) is 3.07. The van der Waals surface area contributed by atoms with Gasteiger partial charge < -0.3 is 13.9 Å². The maximum atomic E-state index is 13.3. The topological polar surface area (TPSA) is 78.8 Å². The molecule has 0 saturated carbocycles. The molecule has 0 aliphatic heterocycles. The highest BCUT2D eigenvalue weighted by molar-refractivity contribution is 7.90. The minimum atomic E-state index is -2.99. The predicted molar refractivity (Wildman–Crippen MR) is 101 cm³/mol. The number of hydrogen-bond donors (Lipinski definition) is 1. The summed E-state index contributed by atoms with van der Waals surface area (Å²) < 4.78 is 130. The molecular formula is C19H18N4O2S. The third-order valence-corrected chi connectivity index (χ3v) is 4.49. The molecule has 0 radical (unpaired) electrons. The second-order valence-corrected chi connectivity index (χ2v) is 6.30. The lowest BCUT2D eigenvalue weighted by Crippen LogP contribution is -2.10. The van der Waals surface area contributed by atoms with Gasteiger partial charge in [0.05, 0.1) is 37.5 Å². The van der Waals surface area contributed by atoms with Crippen molar-refractivity contribution in [3.05, 3.63) is 66.1 Å². The number of ether oxygens (including phenoxy) is 1. The van der Waals surface area contributed by atoms with E-state index in [0.29, 0.717) is 9.54 Å². The molecule has 26 heavy (non-hydrogen) atoms. The maximum absolute atomic E-state index is 13.3. The summed E-state index contributed by atoms with van der Waals surface area (Å²) in [5, 5.41) is -0.555. The van der Waals surface area contributed by atoms with Crippen LogP contribution < -0.4 is 4.74 Å². The van der Waals surface area contributed by atoms with Crippen LogP contribution in [0.2, 0.25) is 1.41 Å². The molecule has 1 aromatic carbocycles. The molecule has 0 bridgehead atoms. The molecular weight excluding hydrogens is 348 g/mol. The average Bonchev–Trinajstić information content (AvgIpc) is 3.27. The first-order valence-corrected chi connectivity index (χ1v) is 8.41. The molecule has 4 rings (SSSR count). The normalized spacial score (nSPS) is 21.1. The van der Waals surface area contributed by atoms with Gasteiger partial charge in [-0.1, -0.05) is 0 Å². The van der Waals surface area contributed by atoms with Crippen molar-refractivity contribution in [1.82, 2.24) is 19.5 Å². The number of rotatable bonds is 5. The Morgan fingerprint density at radius 3 is 3.12 bits per heavy atom. The van der Waals surface area contributed by atoms with Crippen LogP contribution in [0.4, 0.5) is 0 Å². The zero-order chi connectivity index (χ0) is 30.1. The molecule has 1 unspecified atom stereocenters. The van der Waals surface area contributed by atoms with Crippen LogP contribution in [-0.2, 0) is 16.9 Å². The fourth-order valence-electron chi connectivity index (χ4n) is 2.15. The zero-order valence-corrected chi connectivity index (χ0v) is 13.7. The van der Waals surface area contributed by atoms with E-state index in [4.69, 9.17) is 24.0 Å². The molecule has 4 aromatic rings. The van der Waals surface area contributed by atoms with Gasteiger partial charge >= 0.3 is 5.16 Å². The van der Waals surface area contributed by atoms with Gasteiger partial charge in [0.2, 0.25) is 0 Å². The van der Waals surface area contributed by atoms with Crippen LogP contribution in [0, 0.1) is 6.85 Å². The fourth-order valence-corrected chi connectivity index (χ4v) is 3.13. The Morgan fingerprint density at radius 2 is 2.31 bits per heavy atom. The van der Waals surface area contributed by atoms with Gasteiger partial charge in [0.1, 0.15) is 5.75 Å². The van der Waals surface area contributed by atoms with Crippen LogP contribution >= 0.6 is 0 Å². The van der Waals surface area contributed by atoms with E-state index in [1.165, 1.54) is 0 Å². The molecule has 1 atom stereocenters. The van der Waals surface area contributed by atoms with E-state index >= 15 is 0 Å². The van der Waals surface area contributed by atoms with Gasteiger partial charge in [0.15, 0.2) is 7.16 Å². The summed E-state index contributed by atoms with van der Waals surface area (Å²) in [7, 11) is -2.99. The first-order chi connectivity index (χ1) is 18.4. The van der Waals surface area contributed by atoms with Crippen molar-refractivity contribution >= 4 is 22.2 Å². The average molecular weight is 381 g/mol. The fraction of sp³-hybridized carbons (Fsp3) is 0.158. The largest absolute Gasteiger partial charge is 0.609 e. The summed E-state index contributed by atoms with van der Waals surface area (Å²) in [6, 6.07) is -2.25. The van der Waals surface area contributed by atoms with Crippen LogP contribution in [0.25, 0.3) is 16.7 Å². The van der Waals surface area contributed by atoms with Crippen molar-refractivity contribution in [2.24, 2.45) is 0 Å². The van der Waals surface area contributed by atoms with Crippen molar-refractivity contribution in [2.45, 2.75) is 17.8 Å². The van der Waals surface area contributed by atoms with Gasteiger partial charge in [0.25, 0.3) is 0 Å². The number of hydrogen-bond acceptors (Lipinski definition) is 4. The number of fused-ring (bicyclic) bond motifs is 1. The van der Waals surface area contributed by atoms with Crippen LogP contribution in [0.15, 0.2) is 60.0 Å². The number of nitrogens with zero attached hydrogens (tertiary/aromatic N) is 3. The van der Waals surface area contributed by atoms with E-state index in [0.717, 1.165) is 12.3 Å². The van der Waals surface area contributed by atoms with Gasteiger partial charge in [-0.05, 0) is 43.1 Å². The molecule has 7 heteroatoms. The van der Waals surface area contributed by atoms with Crippen molar-refractivity contribution in [2.75, 3.05) is 7.04 Å². The number of aromatic nitrogens is 4. The molecule has 0 saturated heterocycles. The molecule has 0 spiro atoms. The van der Waals surface area contributed by atoms with E-state index in [-0.39, 0.29) is 5.69 Å². The molecule has 0 aliphatic rings. The molecule has 0 fully saturated rings. The zero-order valence-electron chi connectivity index (χ0n) is 26.9. The Hall–Kier alpha value is -2.77. The lowest BCUT2D eigenvalue weighted by atomic mass is 10.2. The van der Waals surface area contributed by atoms with Gasteiger partial charge in [-0.25, -0.2) is 0 Å². The highest BCUT2D eigenvalue weighted by atomic mass is 32.2. The van der Waals surface area contributed by atoms with Gasteiger partial charge in [-0.3, -0.25) is 9.96 Å². The molecule has 0 amide bonds. The van der Waals surface area contributed by atoms with Gasteiger partial charge in [0, 0.05) is 45.1 Å². The van der Waals surface area contributed by atoms with E-state index in [1.54, 1.807) is 0 Å². The van der Waals surface area contributed by atoms with E-state index in [9.17, 15) is 4.55 Å². The standard InChI is InChI=1S/C19H18N4O2S/c1-13-17(20-8-7-18(13)25-2)12-26(24)19-21-15-6-5-14(11-16(15)22-19)23-9-3-4-10-23/h3-11H,12H2,1-2H3,(H,21,22)/i1D3,2D3,3D,4D,5D,6D,9D,10D,11D/hD. The number of methoxy groups -OCH3 is 1. The summed E-state index contributed by atoms with van der Waals surface area (Å²) >= 11 is -2.35. The summed E-state index contributed by atoms with van der Waals surface area (Å²) in [4.78, 5) is 8.38. The van der Waals surface area contributed by atoms with Crippen molar-refractivity contribution in [3.63, 3.8) is 0 Å². The molecule has 1 N–H and O–H groups in total. The molecule has 3 heterocycles. The number of benzene rings is 1. The first-order valence-electron chi connectivity index (χ1n) is 14.0. The van der Waals surface area contributed by atoms with Crippen LogP contribution in [0.1, 0.15) is 29.1 Å². The Kier molecular flexibility index (Phi) is 1.87. The lowest BCUT2D eigenvalue weighted by molar-refractivity contribution is 0.410.